The van der Waals surface area contributed by atoms with E-state index in [2.05, 4.69) is 25.4 Å². The summed E-state index contributed by atoms with van der Waals surface area (Å²) in [5.41, 5.74) is 8.51. The fraction of sp³-hybridized carbons (Fsp3) is 0.364. The summed E-state index contributed by atoms with van der Waals surface area (Å²) >= 11 is 1.51. The van der Waals surface area contributed by atoms with E-state index in [1.165, 1.54) is 11.3 Å². The molecule has 3 N–H and O–H groups in total. The first-order chi connectivity index (χ1) is 15.6. The van der Waals surface area contributed by atoms with Crippen LogP contribution in [0.4, 0.5) is 26.1 Å². The van der Waals surface area contributed by atoms with E-state index in [9.17, 15) is 8.78 Å². The SMILES string of the molecule is Cc1ccnn1-c1nc2cc(Nc3ccc(N4CCC(F)(F)C4)c(C(C)(C)N)n3)ncc2s1. The molecular formula is C22H24F2N8S. The summed E-state index contributed by atoms with van der Waals surface area (Å²) in [6.07, 6.45) is 3.32. The van der Waals surface area contributed by atoms with E-state index in [1.54, 1.807) is 34.1 Å². The van der Waals surface area contributed by atoms with Gasteiger partial charge in [-0.3, -0.25) is 0 Å². The Morgan fingerprint density at radius 3 is 2.67 bits per heavy atom. The molecule has 172 valence electrons. The molecule has 33 heavy (non-hydrogen) atoms. The smallest absolute Gasteiger partial charge is 0.266 e. The second-order valence-electron chi connectivity index (χ2n) is 8.86. The van der Waals surface area contributed by atoms with Gasteiger partial charge in [0.25, 0.3) is 5.92 Å². The minimum absolute atomic E-state index is 0.172. The summed E-state index contributed by atoms with van der Waals surface area (Å²) in [7, 11) is 0. The molecular weight excluding hydrogens is 446 g/mol. The Kier molecular flexibility index (Phi) is 5.05. The molecule has 1 aliphatic heterocycles. The summed E-state index contributed by atoms with van der Waals surface area (Å²) in [4.78, 5) is 15.5. The lowest BCUT2D eigenvalue weighted by molar-refractivity contribution is 0.0257. The Hall–Kier alpha value is -3.18. The highest BCUT2D eigenvalue weighted by molar-refractivity contribution is 7.20. The van der Waals surface area contributed by atoms with Crippen LogP contribution in [-0.2, 0) is 5.54 Å². The van der Waals surface area contributed by atoms with Crippen molar-refractivity contribution in [2.75, 3.05) is 23.3 Å². The zero-order valence-corrected chi connectivity index (χ0v) is 19.3. The van der Waals surface area contributed by atoms with E-state index in [1.807, 2.05) is 32.9 Å². The Morgan fingerprint density at radius 2 is 2.00 bits per heavy atom. The third-order valence-corrected chi connectivity index (χ3v) is 6.51. The molecule has 1 fully saturated rings. The van der Waals surface area contributed by atoms with Crippen molar-refractivity contribution in [3.63, 3.8) is 0 Å². The van der Waals surface area contributed by atoms with E-state index >= 15 is 0 Å². The summed E-state index contributed by atoms with van der Waals surface area (Å²) in [6.45, 7) is 5.54. The van der Waals surface area contributed by atoms with Crippen molar-refractivity contribution in [2.24, 2.45) is 5.73 Å². The van der Waals surface area contributed by atoms with Gasteiger partial charge in [0.15, 0.2) is 0 Å². The van der Waals surface area contributed by atoms with E-state index in [0.717, 1.165) is 21.0 Å². The maximum absolute atomic E-state index is 13.8. The van der Waals surface area contributed by atoms with Gasteiger partial charge < -0.3 is 16.0 Å². The normalized spacial score (nSPS) is 16.0. The summed E-state index contributed by atoms with van der Waals surface area (Å²) in [5.74, 6) is -1.60. The molecule has 0 amide bonds. The molecule has 4 aromatic heterocycles. The van der Waals surface area contributed by atoms with Gasteiger partial charge in [0.05, 0.1) is 33.7 Å². The number of fused-ring (bicyclic) bond motifs is 1. The van der Waals surface area contributed by atoms with Crippen LogP contribution < -0.4 is 16.0 Å². The number of anilines is 3. The van der Waals surface area contributed by atoms with Gasteiger partial charge in [0.2, 0.25) is 5.13 Å². The molecule has 0 aliphatic carbocycles. The van der Waals surface area contributed by atoms with Crippen molar-refractivity contribution in [1.29, 1.82) is 0 Å². The van der Waals surface area contributed by atoms with Crippen molar-refractivity contribution in [2.45, 2.75) is 38.7 Å². The summed E-state index contributed by atoms with van der Waals surface area (Å²) in [5, 5.41) is 8.27. The van der Waals surface area contributed by atoms with Crippen LogP contribution in [0, 0.1) is 6.92 Å². The molecule has 1 saturated heterocycles. The van der Waals surface area contributed by atoms with E-state index in [0.29, 0.717) is 23.0 Å². The number of hydrogen-bond donors (Lipinski definition) is 2. The lowest BCUT2D eigenvalue weighted by Gasteiger charge is -2.28. The second kappa shape index (κ2) is 7.70. The minimum Gasteiger partial charge on any atom is -0.364 e. The molecule has 8 nitrogen and oxygen atoms in total. The third-order valence-electron chi connectivity index (χ3n) is 5.53. The van der Waals surface area contributed by atoms with E-state index in [-0.39, 0.29) is 19.5 Å². The molecule has 11 heteroatoms. The molecule has 0 aromatic carbocycles. The van der Waals surface area contributed by atoms with Crippen LogP contribution in [0.5, 0.6) is 0 Å². The monoisotopic (exact) mass is 470 g/mol. The van der Waals surface area contributed by atoms with Gasteiger partial charge >= 0.3 is 0 Å². The van der Waals surface area contributed by atoms with Crippen molar-refractivity contribution >= 4 is 38.9 Å². The van der Waals surface area contributed by atoms with Gasteiger partial charge in [0.1, 0.15) is 11.6 Å². The quantitative estimate of drug-likeness (QED) is 0.447. The lowest BCUT2D eigenvalue weighted by Crippen LogP contribution is -2.34. The van der Waals surface area contributed by atoms with Crippen LogP contribution in [0.15, 0.2) is 36.7 Å². The molecule has 0 radical (unpaired) electrons. The van der Waals surface area contributed by atoms with Crippen molar-refractivity contribution in [1.82, 2.24) is 24.7 Å². The number of aromatic nitrogens is 5. The predicted molar refractivity (Wildman–Crippen MR) is 126 cm³/mol. The zero-order valence-electron chi connectivity index (χ0n) is 18.5. The lowest BCUT2D eigenvalue weighted by atomic mass is 9.99. The highest BCUT2D eigenvalue weighted by Crippen LogP contribution is 2.36. The van der Waals surface area contributed by atoms with Gasteiger partial charge in [-0.25, -0.2) is 28.4 Å². The maximum Gasteiger partial charge on any atom is 0.266 e. The fourth-order valence-electron chi connectivity index (χ4n) is 3.87. The standard InChI is InChI=1S/C22H24F2N8S/c1-13-6-8-27-32(13)20-28-14-10-18(26-11-16(14)33-20)29-17-5-4-15(19(30-17)21(2,3)25)31-9-7-22(23,24)12-31/h4-6,8,10-11H,7,9,12,25H2,1-3H3,(H,26,29,30). The first-order valence-corrected chi connectivity index (χ1v) is 11.4. The number of nitrogens with two attached hydrogens (primary N) is 1. The van der Waals surface area contributed by atoms with Crippen molar-refractivity contribution in [3.8, 4) is 5.13 Å². The molecule has 0 spiro atoms. The number of hydrogen-bond acceptors (Lipinski definition) is 8. The van der Waals surface area contributed by atoms with Crippen LogP contribution in [0.25, 0.3) is 15.3 Å². The molecule has 0 atom stereocenters. The molecule has 5 rings (SSSR count). The Bertz CT molecular complexity index is 1320. The van der Waals surface area contributed by atoms with E-state index < -0.39 is 11.5 Å². The van der Waals surface area contributed by atoms with Crippen LogP contribution in [-0.4, -0.2) is 43.7 Å². The predicted octanol–water partition coefficient (Wildman–Crippen LogP) is 4.36. The van der Waals surface area contributed by atoms with Crippen LogP contribution in [0.3, 0.4) is 0 Å². The topological polar surface area (TPSA) is 97.8 Å². The largest absolute Gasteiger partial charge is 0.364 e. The summed E-state index contributed by atoms with van der Waals surface area (Å²) < 4.78 is 30.3. The molecule has 1 aliphatic rings. The van der Waals surface area contributed by atoms with Crippen molar-refractivity contribution < 1.29 is 8.78 Å². The summed E-state index contributed by atoms with van der Waals surface area (Å²) in [6, 6.07) is 7.32. The highest BCUT2D eigenvalue weighted by atomic mass is 32.1. The van der Waals surface area contributed by atoms with Gasteiger partial charge in [-0.05, 0) is 39.0 Å². The molecule has 0 saturated carbocycles. The average molecular weight is 471 g/mol. The molecule has 4 aromatic rings. The van der Waals surface area contributed by atoms with E-state index in [4.69, 9.17) is 5.73 Å². The highest BCUT2D eigenvalue weighted by Gasteiger charge is 2.40. The van der Waals surface area contributed by atoms with Crippen LogP contribution in [0.2, 0.25) is 0 Å². The number of halogens is 2. The molecule has 0 unspecified atom stereocenters. The van der Waals surface area contributed by atoms with Crippen LogP contribution >= 0.6 is 11.3 Å². The fourth-order valence-corrected chi connectivity index (χ4v) is 4.81. The van der Waals surface area contributed by atoms with Gasteiger partial charge in [0, 0.05) is 37.1 Å². The number of thiazole rings is 1. The van der Waals surface area contributed by atoms with Gasteiger partial charge in [-0.2, -0.15) is 5.10 Å². The Morgan fingerprint density at radius 1 is 1.18 bits per heavy atom. The average Bonchev–Trinajstić information content (AvgIpc) is 3.44. The van der Waals surface area contributed by atoms with Crippen LogP contribution in [0.1, 0.15) is 31.7 Å². The zero-order chi connectivity index (χ0) is 23.4. The Labute approximate surface area is 193 Å². The number of pyridine rings is 2. The molecule has 5 heterocycles. The number of aryl methyl sites for hydroxylation is 1. The first kappa shape index (κ1) is 21.7. The Balaban J connectivity index is 1.44. The third kappa shape index (κ3) is 4.25. The number of rotatable bonds is 5. The number of nitrogens with zero attached hydrogens (tertiary/aromatic N) is 6. The molecule has 0 bridgehead atoms. The second-order valence-corrected chi connectivity index (χ2v) is 9.87. The minimum atomic E-state index is -2.70. The number of nitrogens with one attached hydrogen (secondary N) is 1. The van der Waals surface area contributed by atoms with Crippen molar-refractivity contribution in [3.05, 3.63) is 48.0 Å². The maximum atomic E-state index is 13.8. The first-order valence-electron chi connectivity index (χ1n) is 10.6. The van der Waals surface area contributed by atoms with Gasteiger partial charge in [-0.15, -0.1) is 0 Å². The van der Waals surface area contributed by atoms with Gasteiger partial charge in [-0.1, -0.05) is 11.3 Å². The number of alkyl halides is 2.